The van der Waals surface area contributed by atoms with Crippen LogP contribution in [0.25, 0.3) is 0 Å². The maximum atomic E-state index is 12.6. The summed E-state index contributed by atoms with van der Waals surface area (Å²) >= 11 is 18.9. The zero-order chi connectivity index (χ0) is 22.7. The molecule has 2 heterocycles. The van der Waals surface area contributed by atoms with E-state index in [0.29, 0.717) is 38.4 Å². The highest BCUT2D eigenvalue weighted by atomic mass is 79.9. The molecule has 10 heteroatoms. The first-order chi connectivity index (χ1) is 15.4. The maximum absolute atomic E-state index is 12.6. The summed E-state index contributed by atoms with van der Waals surface area (Å²) in [6.07, 6.45) is 1.76. The van der Waals surface area contributed by atoms with Gasteiger partial charge in [0.05, 0.1) is 25.5 Å². The number of ether oxygens (including phenoxy) is 1. The van der Waals surface area contributed by atoms with Gasteiger partial charge in [0.1, 0.15) is 18.1 Å². The molecule has 0 atom stereocenters. The standard InChI is InChI=1S/C22H15Br2Cl2N3O3/c23-15-3-1-2-4-19(15)31-12-14-6-8-20(32-14)22(30)27-21-16(24)11-29(28-21)10-13-5-7-17(25)18(26)9-13/h1-9,11H,10,12H2,(H,27,28,30). The van der Waals surface area contributed by atoms with Gasteiger partial charge in [0.25, 0.3) is 5.91 Å². The quantitative estimate of drug-likeness (QED) is 0.244. The van der Waals surface area contributed by atoms with Gasteiger partial charge in [-0.25, -0.2) is 0 Å². The van der Waals surface area contributed by atoms with Crippen LogP contribution in [0.3, 0.4) is 0 Å². The predicted octanol–water partition coefficient (Wildman–Crippen LogP) is 7.19. The molecule has 0 fully saturated rings. The predicted molar refractivity (Wildman–Crippen MR) is 131 cm³/mol. The molecule has 0 aliphatic carbocycles. The van der Waals surface area contributed by atoms with Crippen molar-refractivity contribution in [2.45, 2.75) is 13.2 Å². The molecule has 1 amide bonds. The lowest BCUT2D eigenvalue weighted by Gasteiger charge is -2.06. The molecule has 0 spiro atoms. The number of anilines is 1. The maximum Gasteiger partial charge on any atom is 0.292 e. The Bertz CT molecular complexity index is 1270. The van der Waals surface area contributed by atoms with Crippen LogP contribution in [0.15, 0.2) is 74.2 Å². The number of halogens is 4. The Labute approximate surface area is 210 Å². The second kappa shape index (κ2) is 10.1. The molecule has 164 valence electrons. The summed E-state index contributed by atoms with van der Waals surface area (Å²) in [5.74, 6) is 1.32. The third-order valence-electron chi connectivity index (χ3n) is 4.37. The molecule has 0 aliphatic rings. The molecule has 1 N–H and O–H groups in total. The molecular weight excluding hydrogens is 585 g/mol. The van der Waals surface area contributed by atoms with Crippen LogP contribution in [-0.2, 0) is 13.2 Å². The van der Waals surface area contributed by atoms with E-state index in [-0.39, 0.29) is 12.4 Å². The Morgan fingerprint density at radius 3 is 2.66 bits per heavy atom. The average Bonchev–Trinajstić information content (AvgIpc) is 3.37. The number of para-hydroxylation sites is 1. The summed E-state index contributed by atoms with van der Waals surface area (Å²) in [5, 5.41) is 8.11. The van der Waals surface area contributed by atoms with Crippen molar-refractivity contribution in [1.82, 2.24) is 9.78 Å². The summed E-state index contributed by atoms with van der Waals surface area (Å²) in [4.78, 5) is 12.6. The van der Waals surface area contributed by atoms with E-state index < -0.39 is 5.91 Å². The highest BCUT2D eigenvalue weighted by Gasteiger charge is 2.16. The van der Waals surface area contributed by atoms with Gasteiger partial charge >= 0.3 is 0 Å². The number of nitrogens with zero attached hydrogens (tertiary/aromatic N) is 2. The first-order valence-corrected chi connectivity index (χ1v) is 11.7. The van der Waals surface area contributed by atoms with Gasteiger partial charge in [-0.15, -0.1) is 0 Å². The van der Waals surface area contributed by atoms with E-state index in [2.05, 4.69) is 42.3 Å². The molecule has 6 nitrogen and oxygen atoms in total. The van der Waals surface area contributed by atoms with Gasteiger partial charge in [-0.2, -0.15) is 5.10 Å². The van der Waals surface area contributed by atoms with Crippen molar-refractivity contribution in [3.8, 4) is 5.75 Å². The minimum absolute atomic E-state index is 0.154. The number of carbonyl (C=O) groups excluding carboxylic acids is 1. The van der Waals surface area contributed by atoms with Gasteiger partial charge in [0.15, 0.2) is 11.6 Å². The lowest BCUT2D eigenvalue weighted by atomic mass is 10.2. The fourth-order valence-electron chi connectivity index (χ4n) is 2.85. The number of furan rings is 1. The Morgan fingerprint density at radius 1 is 1.06 bits per heavy atom. The molecular formula is C22H15Br2Cl2N3O3. The highest BCUT2D eigenvalue weighted by Crippen LogP contribution is 2.26. The average molecular weight is 600 g/mol. The number of amides is 1. The van der Waals surface area contributed by atoms with Crippen LogP contribution in [0.4, 0.5) is 5.82 Å². The Balaban J connectivity index is 1.39. The molecule has 0 bridgehead atoms. The van der Waals surface area contributed by atoms with Gasteiger partial charge in [-0.3, -0.25) is 9.48 Å². The smallest absolute Gasteiger partial charge is 0.292 e. The van der Waals surface area contributed by atoms with Crippen LogP contribution in [0.2, 0.25) is 10.0 Å². The Hall–Kier alpha value is -2.26. The molecule has 2 aromatic carbocycles. The van der Waals surface area contributed by atoms with Crippen molar-refractivity contribution in [2.75, 3.05) is 5.32 Å². The van der Waals surface area contributed by atoms with Crippen LogP contribution >= 0.6 is 55.1 Å². The zero-order valence-electron chi connectivity index (χ0n) is 16.3. The van der Waals surface area contributed by atoms with Crippen molar-refractivity contribution < 1.29 is 13.9 Å². The van der Waals surface area contributed by atoms with E-state index in [9.17, 15) is 4.79 Å². The summed E-state index contributed by atoms with van der Waals surface area (Å²) < 4.78 is 14.5. The van der Waals surface area contributed by atoms with Crippen LogP contribution in [0.5, 0.6) is 5.75 Å². The summed E-state index contributed by atoms with van der Waals surface area (Å²) in [6.45, 7) is 0.653. The Morgan fingerprint density at radius 2 is 1.88 bits per heavy atom. The van der Waals surface area contributed by atoms with Gasteiger partial charge in [0, 0.05) is 6.20 Å². The van der Waals surface area contributed by atoms with E-state index in [4.69, 9.17) is 32.4 Å². The van der Waals surface area contributed by atoms with Crippen molar-refractivity contribution in [1.29, 1.82) is 0 Å². The second-order valence-electron chi connectivity index (χ2n) is 6.71. The lowest BCUT2D eigenvalue weighted by Crippen LogP contribution is -2.12. The fourth-order valence-corrected chi connectivity index (χ4v) is 3.98. The number of hydrogen-bond donors (Lipinski definition) is 1. The van der Waals surface area contributed by atoms with Crippen molar-refractivity contribution >= 4 is 66.8 Å². The normalized spacial score (nSPS) is 10.9. The third kappa shape index (κ3) is 5.56. The lowest BCUT2D eigenvalue weighted by molar-refractivity contribution is 0.0992. The van der Waals surface area contributed by atoms with E-state index in [0.717, 1.165) is 10.0 Å². The van der Waals surface area contributed by atoms with E-state index in [1.165, 1.54) is 0 Å². The molecule has 0 radical (unpaired) electrons. The first kappa shape index (κ1) is 22.9. The highest BCUT2D eigenvalue weighted by molar-refractivity contribution is 9.11. The number of aromatic nitrogens is 2. The topological polar surface area (TPSA) is 69.3 Å². The van der Waals surface area contributed by atoms with E-state index in [1.807, 2.05) is 30.3 Å². The molecule has 4 aromatic rings. The monoisotopic (exact) mass is 597 g/mol. The van der Waals surface area contributed by atoms with Crippen LogP contribution in [-0.4, -0.2) is 15.7 Å². The van der Waals surface area contributed by atoms with Crippen molar-refractivity contribution in [2.24, 2.45) is 0 Å². The van der Waals surface area contributed by atoms with E-state index >= 15 is 0 Å². The first-order valence-electron chi connectivity index (χ1n) is 9.33. The molecule has 4 rings (SSSR count). The number of nitrogens with one attached hydrogen (secondary N) is 1. The summed E-state index contributed by atoms with van der Waals surface area (Å²) in [7, 11) is 0. The van der Waals surface area contributed by atoms with Crippen LogP contribution in [0, 0.1) is 0 Å². The minimum Gasteiger partial charge on any atom is -0.484 e. The zero-order valence-corrected chi connectivity index (χ0v) is 21.0. The largest absolute Gasteiger partial charge is 0.484 e. The van der Waals surface area contributed by atoms with Gasteiger partial charge in [-0.1, -0.05) is 41.4 Å². The number of benzene rings is 2. The number of hydrogen-bond acceptors (Lipinski definition) is 4. The number of carbonyl (C=O) groups is 1. The van der Waals surface area contributed by atoms with E-state index in [1.54, 1.807) is 35.1 Å². The number of rotatable bonds is 7. The summed E-state index contributed by atoms with van der Waals surface area (Å²) in [6, 6.07) is 16.2. The van der Waals surface area contributed by atoms with Gasteiger partial charge < -0.3 is 14.5 Å². The molecule has 0 unspecified atom stereocenters. The Kier molecular flexibility index (Phi) is 7.25. The minimum atomic E-state index is -0.419. The van der Waals surface area contributed by atoms with Gasteiger partial charge in [0.2, 0.25) is 0 Å². The SMILES string of the molecule is O=C(Nc1nn(Cc2ccc(Cl)c(Cl)c2)cc1Br)c1ccc(COc2ccccc2Br)o1. The van der Waals surface area contributed by atoms with Crippen LogP contribution in [0.1, 0.15) is 21.9 Å². The molecule has 2 aromatic heterocycles. The molecule has 32 heavy (non-hydrogen) atoms. The second-order valence-corrected chi connectivity index (χ2v) is 9.23. The fraction of sp³-hybridized carbons (Fsp3) is 0.0909. The van der Waals surface area contributed by atoms with Gasteiger partial charge in [-0.05, 0) is 73.8 Å². The summed E-state index contributed by atoms with van der Waals surface area (Å²) in [5.41, 5.74) is 0.924. The molecule has 0 aliphatic heterocycles. The van der Waals surface area contributed by atoms with Crippen molar-refractivity contribution in [3.63, 3.8) is 0 Å². The van der Waals surface area contributed by atoms with Crippen LogP contribution < -0.4 is 10.1 Å². The van der Waals surface area contributed by atoms with Crippen molar-refractivity contribution in [3.05, 3.63) is 96.9 Å². The third-order valence-corrected chi connectivity index (χ3v) is 6.34. The molecule has 0 saturated heterocycles. The molecule has 0 saturated carbocycles.